The standard InChI is InChI=1S/C17H34N2O/c1-5-18-12-17(8-6-14(2)7-9-17)13-19-10-15(3)20-16(4)11-19/h14-16,18H,5-13H2,1-4H3/t14?,15-,16+,17?. The van der Waals surface area contributed by atoms with E-state index in [1.807, 2.05) is 0 Å². The van der Waals surface area contributed by atoms with Crippen LogP contribution >= 0.6 is 0 Å². The molecule has 0 amide bonds. The second-order valence-electron chi connectivity index (χ2n) is 7.41. The van der Waals surface area contributed by atoms with Crippen LogP contribution in [0.3, 0.4) is 0 Å². The summed E-state index contributed by atoms with van der Waals surface area (Å²) in [5.41, 5.74) is 0.499. The van der Waals surface area contributed by atoms with Crippen LogP contribution in [0.2, 0.25) is 0 Å². The first-order valence-electron chi connectivity index (χ1n) is 8.61. The van der Waals surface area contributed by atoms with E-state index in [-0.39, 0.29) is 0 Å². The third-order valence-corrected chi connectivity index (χ3v) is 5.14. The second kappa shape index (κ2) is 7.24. The first-order valence-corrected chi connectivity index (χ1v) is 8.61. The molecule has 0 aromatic heterocycles. The molecule has 0 bridgehead atoms. The van der Waals surface area contributed by atoms with Crippen molar-refractivity contribution in [2.75, 3.05) is 32.7 Å². The molecule has 3 heteroatoms. The van der Waals surface area contributed by atoms with Crippen molar-refractivity contribution in [2.24, 2.45) is 11.3 Å². The van der Waals surface area contributed by atoms with Crippen molar-refractivity contribution in [2.45, 2.75) is 65.6 Å². The molecule has 1 heterocycles. The van der Waals surface area contributed by atoms with Crippen molar-refractivity contribution in [1.82, 2.24) is 10.2 Å². The lowest BCUT2D eigenvalue weighted by molar-refractivity contribution is -0.0811. The van der Waals surface area contributed by atoms with Gasteiger partial charge in [-0.15, -0.1) is 0 Å². The summed E-state index contributed by atoms with van der Waals surface area (Å²) in [5, 5.41) is 3.63. The van der Waals surface area contributed by atoms with Crippen molar-refractivity contribution in [3.63, 3.8) is 0 Å². The Bertz CT molecular complexity index is 271. The van der Waals surface area contributed by atoms with Crippen LogP contribution in [-0.4, -0.2) is 49.8 Å². The normalized spacial score (nSPS) is 39.9. The lowest BCUT2D eigenvalue weighted by atomic mass is 9.70. The van der Waals surface area contributed by atoms with Crippen LogP contribution in [0.25, 0.3) is 0 Å². The molecule has 1 saturated carbocycles. The van der Waals surface area contributed by atoms with Gasteiger partial charge in [0.15, 0.2) is 0 Å². The Morgan fingerprint density at radius 3 is 2.25 bits per heavy atom. The predicted molar refractivity (Wildman–Crippen MR) is 85.1 cm³/mol. The Labute approximate surface area is 125 Å². The fourth-order valence-corrected chi connectivity index (χ4v) is 4.04. The van der Waals surface area contributed by atoms with Crippen LogP contribution < -0.4 is 5.32 Å². The van der Waals surface area contributed by atoms with E-state index >= 15 is 0 Å². The Morgan fingerprint density at radius 2 is 1.70 bits per heavy atom. The van der Waals surface area contributed by atoms with Crippen molar-refractivity contribution in [3.05, 3.63) is 0 Å². The fraction of sp³-hybridized carbons (Fsp3) is 1.00. The van der Waals surface area contributed by atoms with E-state index in [1.165, 1.54) is 38.8 Å². The molecule has 1 aliphatic heterocycles. The van der Waals surface area contributed by atoms with Crippen LogP contribution in [-0.2, 0) is 4.74 Å². The Morgan fingerprint density at radius 1 is 1.10 bits per heavy atom. The molecule has 2 fully saturated rings. The van der Waals surface area contributed by atoms with Gasteiger partial charge in [-0.25, -0.2) is 0 Å². The van der Waals surface area contributed by atoms with Crippen LogP contribution in [0.15, 0.2) is 0 Å². The van der Waals surface area contributed by atoms with Gasteiger partial charge in [0, 0.05) is 26.2 Å². The van der Waals surface area contributed by atoms with Gasteiger partial charge in [-0.1, -0.05) is 26.7 Å². The first kappa shape index (κ1) is 16.3. The minimum absolute atomic E-state index is 0.387. The third-order valence-electron chi connectivity index (χ3n) is 5.14. The summed E-state index contributed by atoms with van der Waals surface area (Å²) in [5.74, 6) is 0.923. The van der Waals surface area contributed by atoms with Gasteiger partial charge in [-0.05, 0) is 44.6 Å². The predicted octanol–water partition coefficient (Wildman–Crippen LogP) is 2.90. The molecule has 20 heavy (non-hydrogen) atoms. The smallest absolute Gasteiger partial charge is 0.0678 e. The highest BCUT2D eigenvalue weighted by molar-refractivity contribution is 4.90. The molecule has 1 saturated heterocycles. The molecule has 0 unspecified atom stereocenters. The van der Waals surface area contributed by atoms with Crippen molar-refractivity contribution in [3.8, 4) is 0 Å². The molecule has 0 spiro atoms. The molecule has 0 radical (unpaired) electrons. The highest BCUT2D eigenvalue weighted by Gasteiger charge is 2.37. The Balaban J connectivity index is 1.96. The van der Waals surface area contributed by atoms with Crippen LogP contribution in [0.1, 0.15) is 53.4 Å². The molecular weight excluding hydrogens is 248 g/mol. The van der Waals surface area contributed by atoms with E-state index < -0.39 is 0 Å². The number of nitrogens with one attached hydrogen (secondary N) is 1. The third kappa shape index (κ3) is 4.44. The van der Waals surface area contributed by atoms with E-state index in [2.05, 4.69) is 37.9 Å². The molecule has 2 rings (SSSR count). The number of ether oxygens (including phenoxy) is 1. The van der Waals surface area contributed by atoms with Gasteiger partial charge in [0.25, 0.3) is 0 Å². The minimum Gasteiger partial charge on any atom is -0.373 e. The van der Waals surface area contributed by atoms with E-state index in [4.69, 9.17) is 4.74 Å². The zero-order valence-corrected chi connectivity index (χ0v) is 14.0. The molecule has 118 valence electrons. The maximum Gasteiger partial charge on any atom is 0.0678 e. The van der Waals surface area contributed by atoms with E-state index in [1.54, 1.807) is 0 Å². The van der Waals surface area contributed by atoms with Crippen LogP contribution in [0.5, 0.6) is 0 Å². The maximum atomic E-state index is 5.88. The van der Waals surface area contributed by atoms with Gasteiger partial charge in [-0.2, -0.15) is 0 Å². The van der Waals surface area contributed by atoms with Crippen molar-refractivity contribution in [1.29, 1.82) is 0 Å². The average Bonchev–Trinajstić information content (AvgIpc) is 2.39. The second-order valence-corrected chi connectivity index (χ2v) is 7.41. The summed E-state index contributed by atoms with van der Waals surface area (Å²) >= 11 is 0. The molecule has 0 aromatic carbocycles. The Kier molecular flexibility index (Phi) is 5.88. The van der Waals surface area contributed by atoms with Gasteiger partial charge >= 0.3 is 0 Å². The summed E-state index contributed by atoms with van der Waals surface area (Å²) in [6, 6.07) is 0. The van der Waals surface area contributed by atoms with Gasteiger partial charge in [-0.3, -0.25) is 4.90 Å². The molecule has 1 N–H and O–H groups in total. The number of rotatable bonds is 5. The molecule has 2 atom stereocenters. The molecular formula is C17H34N2O. The highest BCUT2D eigenvalue weighted by Crippen LogP contribution is 2.39. The fourth-order valence-electron chi connectivity index (χ4n) is 4.04. The zero-order chi connectivity index (χ0) is 14.6. The minimum atomic E-state index is 0.387. The molecule has 2 aliphatic rings. The maximum absolute atomic E-state index is 5.88. The van der Waals surface area contributed by atoms with E-state index in [0.29, 0.717) is 17.6 Å². The van der Waals surface area contributed by atoms with E-state index in [0.717, 1.165) is 25.6 Å². The van der Waals surface area contributed by atoms with Crippen LogP contribution in [0.4, 0.5) is 0 Å². The summed E-state index contributed by atoms with van der Waals surface area (Å²) in [7, 11) is 0. The van der Waals surface area contributed by atoms with Crippen molar-refractivity contribution >= 4 is 0 Å². The quantitative estimate of drug-likeness (QED) is 0.839. The lowest BCUT2D eigenvalue weighted by Gasteiger charge is -2.45. The first-order chi connectivity index (χ1) is 9.53. The summed E-state index contributed by atoms with van der Waals surface area (Å²) in [6.45, 7) is 14.8. The summed E-state index contributed by atoms with van der Waals surface area (Å²) in [6.07, 6.45) is 6.36. The topological polar surface area (TPSA) is 24.5 Å². The largest absolute Gasteiger partial charge is 0.373 e. The van der Waals surface area contributed by atoms with Gasteiger partial charge in [0.05, 0.1) is 12.2 Å². The lowest BCUT2D eigenvalue weighted by Crippen LogP contribution is -2.52. The molecule has 0 aromatic rings. The average molecular weight is 282 g/mol. The van der Waals surface area contributed by atoms with Gasteiger partial charge in [0.2, 0.25) is 0 Å². The molecule has 1 aliphatic carbocycles. The molecule has 3 nitrogen and oxygen atoms in total. The van der Waals surface area contributed by atoms with Crippen molar-refractivity contribution < 1.29 is 4.74 Å². The van der Waals surface area contributed by atoms with Gasteiger partial charge in [0.1, 0.15) is 0 Å². The number of morpholine rings is 1. The number of hydrogen-bond donors (Lipinski definition) is 1. The number of hydrogen-bond acceptors (Lipinski definition) is 3. The van der Waals surface area contributed by atoms with Gasteiger partial charge < -0.3 is 10.1 Å². The highest BCUT2D eigenvalue weighted by atomic mass is 16.5. The summed E-state index contributed by atoms with van der Waals surface area (Å²) < 4.78 is 5.88. The SMILES string of the molecule is CCNCC1(CN2C[C@@H](C)O[C@@H](C)C2)CCC(C)CC1. The number of nitrogens with zero attached hydrogens (tertiary/aromatic N) is 1. The Hall–Kier alpha value is -0.120. The summed E-state index contributed by atoms with van der Waals surface area (Å²) in [4.78, 5) is 2.66. The van der Waals surface area contributed by atoms with E-state index in [9.17, 15) is 0 Å². The monoisotopic (exact) mass is 282 g/mol. The zero-order valence-electron chi connectivity index (χ0n) is 14.0. The van der Waals surface area contributed by atoms with Crippen LogP contribution in [0, 0.1) is 11.3 Å².